The quantitative estimate of drug-likeness (QED) is 0.812. The largest absolute Gasteiger partial charge is 0.399 e. The van der Waals surface area contributed by atoms with Crippen molar-refractivity contribution in [1.29, 1.82) is 0 Å². The molecule has 4 nitrogen and oxygen atoms in total. The second kappa shape index (κ2) is 6.10. The van der Waals surface area contributed by atoms with Crippen LogP contribution in [0.4, 0.5) is 11.4 Å². The van der Waals surface area contributed by atoms with Crippen LogP contribution < -0.4 is 11.1 Å². The molecule has 0 unspecified atom stereocenters. The van der Waals surface area contributed by atoms with Crippen LogP contribution in [0.25, 0.3) is 0 Å². The zero-order valence-electron chi connectivity index (χ0n) is 14.9. The second-order valence-corrected chi connectivity index (χ2v) is 7.35. The average Bonchev–Trinajstić information content (AvgIpc) is 3.00. The van der Waals surface area contributed by atoms with Gasteiger partial charge in [0.15, 0.2) is 0 Å². The molecule has 130 valence electrons. The van der Waals surface area contributed by atoms with Crippen molar-refractivity contribution in [3.05, 3.63) is 58.7 Å². The molecule has 3 N–H and O–H groups in total. The summed E-state index contributed by atoms with van der Waals surface area (Å²) in [5.74, 6) is 0.286. The number of fused-ring (bicyclic) bond motifs is 1. The van der Waals surface area contributed by atoms with E-state index in [1.165, 1.54) is 22.3 Å². The molecule has 25 heavy (non-hydrogen) atoms. The highest BCUT2D eigenvalue weighted by Crippen LogP contribution is 2.45. The minimum atomic E-state index is 0.148. The maximum absolute atomic E-state index is 12.4. The van der Waals surface area contributed by atoms with E-state index < -0.39 is 0 Å². The number of carbonyl (C=O) groups excluding carboxylic acids is 1. The van der Waals surface area contributed by atoms with Gasteiger partial charge in [-0.05, 0) is 61.6 Å². The fourth-order valence-corrected chi connectivity index (χ4v) is 4.36. The number of carbonyl (C=O) groups is 1. The number of nitrogens with two attached hydrogens (primary N) is 1. The maximum atomic E-state index is 12.4. The monoisotopic (exact) mass is 335 g/mol. The van der Waals surface area contributed by atoms with E-state index in [9.17, 15) is 4.79 Å². The lowest BCUT2D eigenvalue weighted by molar-refractivity contribution is -0.130. The number of benzene rings is 2. The van der Waals surface area contributed by atoms with Gasteiger partial charge < -0.3 is 16.0 Å². The Morgan fingerprint density at radius 1 is 1.16 bits per heavy atom. The summed E-state index contributed by atoms with van der Waals surface area (Å²) in [4.78, 5) is 14.5. The molecule has 0 radical (unpaired) electrons. The SMILES string of the molecule is Cc1cc(C)c2c(c1)N[C@H](c1ccc(N)cc1)C[C@@H]2N1CCCC1=O. The van der Waals surface area contributed by atoms with Crippen LogP contribution in [-0.2, 0) is 4.79 Å². The molecule has 2 aliphatic rings. The molecule has 1 amide bonds. The number of likely N-dealkylation sites (tertiary alicyclic amines) is 1. The van der Waals surface area contributed by atoms with Crippen LogP contribution in [0.3, 0.4) is 0 Å². The lowest BCUT2D eigenvalue weighted by Gasteiger charge is -2.39. The van der Waals surface area contributed by atoms with Crippen molar-refractivity contribution in [3.8, 4) is 0 Å². The summed E-state index contributed by atoms with van der Waals surface area (Å²) in [6.07, 6.45) is 2.54. The molecule has 2 aromatic rings. The molecule has 2 heterocycles. The lowest BCUT2D eigenvalue weighted by atomic mass is 9.85. The molecule has 2 aliphatic heterocycles. The first-order valence-corrected chi connectivity index (χ1v) is 9.05. The topological polar surface area (TPSA) is 58.4 Å². The van der Waals surface area contributed by atoms with Crippen molar-refractivity contribution < 1.29 is 4.79 Å². The Balaban J connectivity index is 1.77. The molecule has 0 aromatic heterocycles. The zero-order chi connectivity index (χ0) is 17.6. The highest BCUT2D eigenvalue weighted by Gasteiger charge is 2.36. The summed E-state index contributed by atoms with van der Waals surface area (Å²) < 4.78 is 0. The first-order valence-electron chi connectivity index (χ1n) is 9.05. The Labute approximate surface area is 149 Å². The van der Waals surface area contributed by atoms with Gasteiger partial charge in [0.2, 0.25) is 5.91 Å². The van der Waals surface area contributed by atoms with E-state index in [1.54, 1.807) is 0 Å². The molecular formula is C21H25N3O. The molecular weight excluding hydrogens is 310 g/mol. The molecule has 4 rings (SSSR count). The fourth-order valence-electron chi connectivity index (χ4n) is 4.36. The van der Waals surface area contributed by atoms with Gasteiger partial charge in [-0.25, -0.2) is 0 Å². The number of hydrogen-bond acceptors (Lipinski definition) is 3. The molecule has 1 fully saturated rings. The lowest BCUT2D eigenvalue weighted by Crippen LogP contribution is -2.36. The van der Waals surface area contributed by atoms with Gasteiger partial charge in [-0.2, -0.15) is 0 Å². The molecule has 0 aliphatic carbocycles. The predicted octanol–water partition coefficient (Wildman–Crippen LogP) is 4.11. The van der Waals surface area contributed by atoms with Gasteiger partial charge in [-0.1, -0.05) is 18.2 Å². The number of aryl methyl sites for hydroxylation is 2. The van der Waals surface area contributed by atoms with Gasteiger partial charge in [0, 0.05) is 29.9 Å². The minimum absolute atomic E-state index is 0.148. The Morgan fingerprint density at radius 3 is 2.60 bits per heavy atom. The molecule has 4 heteroatoms. The van der Waals surface area contributed by atoms with Crippen LogP contribution in [0.5, 0.6) is 0 Å². The fraction of sp³-hybridized carbons (Fsp3) is 0.381. The number of rotatable bonds is 2. The van der Waals surface area contributed by atoms with Gasteiger partial charge in [-0.3, -0.25) is 4.79 Å². The van der Waals surface area contributed by atoms with Gasteiger partial charge in [0.25, 0.3) is 0 Å². The van der Waals surface area contributed by atoms with Crippen molar-refractivity contribution >= 4 is 17.3 Å². The number of anilines is 2. The van der Waals surface area contributed by atoms with Crippen molar-refractivity contribution in [2.45, 2.75) is 45.2 Å². The Hall–Kier alpha value is -2.49. The highest BCUT2D eigenvalue weighted by atomic mass is 16.2. The number of nitrogens with zero attached hydrogens (tertiary/aromatic N) is 1. The minimum Gasteiger partial charge on any atom is -0.399 e. The van der Waals surface area contributed by atoms with Gasteiger partial charge in [-0.15, -0.1) is 0 Å². The van der Waals surface area contributed by atoms with E-state index in [0.29, 0.717) is 6.42 Å². The van der Waals surface area contributed by atoms with Crippen LogP contribution in [0.1, 0.15) is 53.6 Å². The summed E-state index contributed by atoms with van der Waals surface area (Å²) in [7, 11) is 0. The van der Waals surface area contributed by atoms with E-state index in [2.05, 4.69) is 48.3 Å². The molecule has 0 saturated carbocycles. The first-order chi connectivity index (χ1) is 12.0. The maximum Gasteiger partial charge on any atom is 0.223 e. The second-order valence-electron chi connectivity index (χ2n) is 7.35. The van der Waals surface area contributed by atoms with Crippen LogP contribution in [-0.4, -0.2) is 17.4 Å². The smallest absolute Gasteiger partial charge is 0.223 e. The summed E-state index contributed by atoms with van der Waals surface area (Å²) in [6.45, 7) is 5.15. The Bertz CT molecular complexity index is 813. The van der Waals surface area contributed by atoms with Crippen LogP contribution >= 0.6 is 0 Å². The summed E-state index contributed by atoms with van der Waals surface area (Å²) in [6, 6.07) is 12.8. The number of hydrogen-bond donors (Lipinski definition) is 2. The molecule has 0 spiro atoms. The summed E-state index contributed by atoms with van der Waals surface area (Å²) in [5, 5.41) is 3.70. The number of amides is 1. The van der Waals surface area contributed by atoms with E-state index in [0.717, 1.165) is 30.8 Å². The third-order valence-electron chi connectivity index (χ3n) is 5.48. The van der Waals surface area contributed by atoms with Gasteiger partial charge in [0.05, 0.1) is 12.1 Å². The van der Waals surface area contributed by atoms with E-state index >= 15 is 0 Å². The number of nitrogen functional groups attached to an aromatic ring is 1. The van der Waals surface area contributed by atoms with E-state index in [1.807, 2.05) is 12.1 Å². The van der Waals surface area contributed by atoms with Crippen LogP contribution in [0.2, 0.25) is 0 Å². The molecule has 2 atom stereocenters. The van der Waals surface area contributed by atoms with Crippen LogP contribution in [0, 0.1) is 13.8 Å². The standard InChI is InChI=1S/C21H25N3O/c1-13-10-14(2)21-18(11-13)23-17(15-5-7-16(22)8-6-15)12-19(21)24-9-3-4-20(24)25/h5-8,10-11,17,19,23H,3-4,9,12,22H2,1-2H3/t17-,19-/m0/s1. The summed E-state index contributed by atoms with van der Waals surface area (Å²) >= 11 is 0. The molecule has 2 aromatic carbocycles. The highest BCUT2D eigenvalue weighted by molar-refractivity contribution is 5.79. The predicted molar refractivity (Wildman–Crippen MR) is 101 cm³/mol. The van der Waals surface area contributed by atoms with Gasteiger partial charge >= 0.3 is 0 Å². The van der Waals surface area contributed by atoms with E-state index in [4.69, 9.17) is 5.73 Å². The van der Waals surface area contributed by atoms with E-state index in [-0.39, 0.29) is 18.0 Å². The number of nitrogens with one attached hydrogen (secondary N) is 1. The van der Waals surface area contributed by atoms with Crippen molar-refractivity contribution in [2.24, 2.45) is 0 Å². The normalized spacial score (nSPS) is 22.6. The van der Waals surface area contributed by atoms with Crippen molar-refractivity contribution in [3.63, 3.8) is 0 Å². The van der Waals surface area contributed by atoms with Crippen molar-refractivity contribution in [2.75, 3.05) is 17.6 Å². The Morgan fingerprint density at radius 2 is 1.92 bits per heavy atom. The van der Waals surface area contributed by atoms with Crippen LogP contribution in [0.15, 0.2) is 36.4 Å². The molecule has 0 bridgehead atoms. The third kappa shape index (κ3) is 2.86. The van der Waals surface area contributed by atoms with Crippen molar-refractivity contribution in [1.82, 2.24) is 4.90 Å². The summed E-state index contributed by atoms with van der Waals surface area (Å²) in [5.41, 5.74) is 12.8. The first kappa shape index (κ1) is 16.0. The average molecular weight is 335 g/mol. The van der Waals surface area contributed by atoms with Gasteiger partial charge in [0.1, 0.15) is 0 Å². The molecule has 1 saturated heterocycles. The Kier molecular flexibility index (Phi) is 3.91. The zero-order valence-corrected chi connectivity index (χ0v) is 14.9. The third-order valence-corrected chi connectivity index (χ3v) is 5.48.